The van der Waals surface area contributed by atoms with Gasteiger partial charge in [-0.1, -0.05) is 23.7 Å². The SMILES string of the molecule is Cc1csc(NN=Cc2ccc3cc(Cl)ncc3c2)n1. The van der Waals surface area contributed by atoms with Crippen LogP contribution in [-0.4, -0.2) is 16.2 Å². The highest BCUT2D eigenvalue weighted by Gasteiger charge is 1.98. The van der Waals surface area contributed by atoms with Gasteiger partial charge in [0.15, 0.2) is 0 Å². The van der Waals surface area contributed by atoms with E-state index >= 15 is 0 Å². The summed E-state index contributed by atoms with van der Waals surface area (Å²) >= 11 is 7.39. The van der Waals surface area contributed by atoms with Gasteiger partial charge in [0, 0.05) is 17.0 Å². The van der Waals surface area contributed by atoms with E-state index in [0.29, 0.717) is 5.15 Å². The van der Waals surface area contributed by atoms with Crippen molar-refractivity contribution in [3.63, 3.8) is 0 Å². The Morgan fingerprint density at radius 2 is 2.20 bits per heavy atom. The van der Waals surface area contributed by atoms with Crippen LogP contribution in [0.2, 0.25) is 5.15 Å². The van der Waals surface area contributed by atoms with Gasteiger partial charge in [-0.05, 0) is 30.0 Å². The summed E-state index contributed by atoms with van der Waals surface area (Å²) in [5.74, 6) is 0. The lowest BCUT2D eigenvalue weighted by Crippen LogP contribution is -1.90. The fourth-order valence-electron chi connectivity index (χ4n) is 1.78. The number of aryl methyl sites for hydroxylation is 1. The summed E-state index contributed by atoms with van der Waals surface area (Å²) in [4.78, 5) is 8.35. The zero-order valence-electron chi connectivity index (χ0n) is 10.7. The molecule has 0 saturated carbocycles. The highest BCUT2D eigenvalue weighted by Crippen LogP contribution is 2.18. The van der Waals surface area contributed by atoms with Crippen LogP contribution in [0.25, 0.3) is 10.8 Å². The number of halogens is 1. The molecule has 20 heavy (non-hydrogen) atoms. The van der Waals surface area contributed by atoms with Gasteiger partial charge < -0.3 is 0 Å². The Hall–Kier alpha value is -1.98. The van der Waals surface area contributed by atoms with Crippen LogP contribution < -0.4 is 5.43 Å². The maximum absolute atomic E-state index is 5.86. The maximum Gasteiger partial charge on any atom is 0.203 e. The molecule has 0 atom stereocenters. The number of hydrogen-bond acceptors (Lipinski definition) is 5. The monoisotopic (exact) mass is 302 g/mol. The zero-order chi connectivity index (χ0) is 13.9. The first-order valence-corrected chi connectivity index (χ1v) is 7.23. The Labute approximate surface area is 125 Å². The summed E-state index contributed by atoms with van der Waals surface area (Å²) in [7, 11) is 0. The lowest BCUT2D eigenvalue weighted by Gasteiger charge is -1.99. The maximum atomic E-state index is 5.86. The molecule has 0 radical (unpaired) electrons. The second-order valence-corrected chi connectivity index (χ2v) is 5.52. The molecule has 1 aromatic carbocycles. The van der Waals surface area contributed by atoms with Crippen LogP contribution in [0.15, 0.2) is 40.9 Å². The summed E-state index contributed by atoms with van der Waals surface area (Å²) in [6.45, 7) is 1.95. The van der Waals surface area contributed by atoms with E-state index in [1.807, 2.05) is 36.6 Å². The summed E-state index contributed by atoms with van der Waals surface area (Å²) in [6, 6.07) is 7.83. The molecule has 4 nitrogen and oxygen atoms in total. The van der Waals surface area contributed by atoms with E-state index < -0.39 is 0 Å². The third-order valence-corrected chi connectivity index (χ3v) is 3.78. The second-order valence-electron chi connectivity index (χ2n) is 4.28. The molecule has 0 fully saturated rings. The standard InChI is InChI=1S/C14H11ClN4S/c1-9-8-20-14(18-9)19-17-6-10-2-3-11-5-13(15)16-7-12(11)4-10/h2-8H,1H3,(H,18,19). The molecule has 0 aliphatic heterocycles. The van der Waals surface area contributed by atoms with Crippen LogP contribution in [0.1, 0.15) is 11.3 Å². The quantitative estimate of drug-likeness (QED) is 0.450. The van der Waals surface area contributed by atoms with E-state index in [-0.39, 0.29) is 0 Å². The number of aromatic nitrogens is 2. The topological polar surface area (TPSA) is 50.2 Å². The van der Waals surface area contributed by atoms with Gasteiger partial charge in [0.05, 0.1) is 11.9 Å². The van der Waals surface area contributed by atoms with Crippen LogP contribution in [-0.2, 0) is 0 Å². The number of anilines is 1. The molecule has 3 rings (SSSR count). The fraction of sp³-hybridized carbons (Fsp3) is 0.0714. The molecular formula is C14H11ClN4S. The van der Waals surface area contributed by atoms with Crippen molar-refractivity contribution in [2.75, 3.05) is 5.43 Å². The van der Waals surface area contributed by atoms with E-state index in [0.717, 1.165) is 27.2 Å². The second kappa shape index (κ2) is 5.56. The number of nitrogens with one attached hydrogen (secondary N) is 1. The average molecular weight is 303 g/mol. The van der Waals surface area contributed by atoms with E-state index in [9.17, 15) is 0 Å². The van der Waals surface area contributed by atoms with Gasteiger partial charge in [0.1, 0.15) is 5.15 Å². The molecule has 0 bridgehead atoms. The number of fused-ring (bicyclic) bond motifs is 1. The number of rotatable bonds is 3. The zero-order valence-corrected chi connectivity index (χ0v) is 12.2. The third-order valence-electron chi connectivity index (χ3n) is 2.71. The minimum Gasteiger partial charge on any atom is -0.253 e. The summed E-state index contributed by atoms with van der Waals surface area (Å²) < 4.78 is 0. The first-order chi connectivity index (χ1) is 9.70. The number of thiazole rings is 1. The van der Waals surface area contributed by atoms with E-state index in [1.165, 1.54) is 11.3 Å². The predicted molar refractivity (Wildman–Crippen MR) is 84.8 cm³/mol. The first kappa shape index (κ1) is 13.0. The number of hydrogen-bond donors (Lipinski definition) is 1. The van der Waals surface area contributed by atoms with Gasteiger partial charge in [0.25, 0.3) is 0 Å². The molecule has 0 spiro atoms. The largest absolute Gasteiger partial charge is 0.253 e. The van der Waals surface area contributed by atoms with Crippen molar-refractivity contribution in [1.82, 2.24) is 9.97 Å². The van der Waals surface area contributed by atoms with E-state index in [2.05, 4.69) is 20.5 Å². The number of pyridine rings is 1. The Morgan fingerprint density at radius 3 is 3.00 bits per heavy atom. The van der Waals surface area contributed by atoms with Gasteiger partial charge in [-0.25, -0.2) is 9.97 Å². The summed E-state index contributed by atoms with van der Waals surface area (Å²) in [5.41, 5.74) is 4.89. The first-order valence-electron chi connectivity index (χ1n) is 5.97. The Kier molecular flexibility index (Phi) is 3.62. The highest BCUT2D eigenvalue weighted by molar-refractivity contribution is 7.13. The van der Waals surface area contributed by atoms with Crippen molar-refractivity contribution in [3.05, 3.63) is 52.3 Å². The highest BCUT2D eigenvalue weighted by atomic mass is 35.5. The molecular weight excluding hydrogens is 292 g/mol. The molecule has 2 heterocycles. The van der Waals surface area contributed by atoms with Gasteiger partial charge in [-0.15, -0.1) is 11.3 Å². The minimum atomic E-state index is 0.500. The predicted octanol–water partition coefficient (Wildman–Crippen LogP) is 4.10. The normalized spacial score (nSPS) is 11.3. The fourth-order valence-corrected chi connectivity index (χ4v) is 2.58. The number of nitrogens with zero attached hydrogens (tertiary/aromatic N) is 3. The molecule has 2 aromatic heterocycles. The molecule has 0 aliphatic carbocycles. The lowest BCUT2D eigenvalue weighted by atomic mass is 10.1. The van der Waals surface area contributed by atoms with Crippen molar-refractivity contribution >= 4 is 45.1 Å². The third kappa shape index (κ3) is 2.95. The van der Waals surface area contributed by atoms with Gasteiger partial charge in [-0.2, -0.15) is 5.10 Å². The van der Waals surface area contributed by atoms with Crippen molar-refractivity contribution < 1.29 is 0 Å². The Balaban J connectivity index is 1.78. The Bertz CT molecular complexity index is 782. The average Bonchev–Trinajstić information content (AvgIpc) is 2.85. The molecule has 6 heteroatoms. The summed E-state index contributed by atoms with van der Waals surface area (Å²) in [6.07, 6.45) is 3.51. The van der Waals surface area contributed by atoms with Crippen molar-refractivity contribution in [2.45, 2.75) is 6.92 Å². The molecule has 1 N–H and O–H groups in total. The molecule has 100 valence electrons. The number of benzene rings is 1. The van der Waals surface area contributed by atoms with Crippen LogP contribution in [0, 0.1) is 6.92 Å². The van der Waals surface area contributed by atoms with Crippen LogP contribution >= 0.6 is 22.9 Å². The van der Waals surface area contributed by atoms with Gasteiger partial charge in [-0.3, -0.25) is 5.43 Å². The van der Waals surface area contributed by atoms with E-state index in [4.69, 9.17) is 11.6 Å². The Morgan fingerprint density at radius 1 is 1.30 bits per heavy atom. The van der Waals surface area contributed by atoms with Crippen LogP contribution in [0.3, 0.4) is 0 Å². The minimum absolute atomic E-state index is 0.500. The molecule has 0 unspecified atom stereocenters. The molecule has 0 aliphatic rings. The lowest BCUT2D eigenvalue weighted by molar-refractivity contribution is 1.22. The molecule has 3 aromatic rings. The van der Waals surface area contributed by atoms with Crippen molar-refractivity contribution in [3.8, 4) is 0 Å². The number of hydrazone groups is 1. The smallest absolute Gasteiger partial charge is 0.203 e. The van der Waals surface area contributed by atoms with Crippen LogP contribution in [0.5, 0.6) is 0 Å². The van der Waals surface area contributed by atoms with Crippen molar-refractivity contribution in [1.29, 1.82) is 0 Å². The van der Waals surface area contributed by atoms with Gasteiger partial charge in [0.2, 0.25) is 5.13 Å². The van der Waals surface area contributed by atoms with Gasteiger partial charge >= 0.3 is 0 Å². The van der Waals surface area contributed by atoms with Crippen LogP contribution in [0.4, 0.5) is 5.13 Å². The van der Waals surface area contributed by atoms with Crippen molar-refractivity contribution in [2.24, 2.45) is 5.10 Å². The van der Waals surface area contributed by atoms with E-state index in [1.54, 1.807) is 12.4 Å². The molecule has 0 saturated heterocycles. The summed E-state index contributed by atoms with van der Waals surface area (Å²) in [5, 5.41) is 9.53. The molecule has 0 amide bonds.